The number of unbranched alkanes of at least 4 members (excludes halogenated alkanes) is 12. The zero-order valence-electron chi connectivity index (χ0n) is 17.0. The Labute approximate surface area is 157 Å². The highest BCUT2D eigenvalue weighted by atomic mass is 16.5. The van der Waals surface area contributed by atoms with E-state index >= 15 is 0 Å². The highest BCUT2D eigenvalue weighted by Crippen LogP contribution is 2.09. The van der Waals surface area contributed by atoms with Gasteiger partial charge < -0.3 is 10.1 Å². The molecule has 0 amide bonds. The van der Waals surface area contributed by atoms with Gasteiger partial charge in [0.25, 0.3) is 0 Å². The topological polar surface area (TPSA) is 38.3 Å². The number of nitrogens with one attached hydrogen (secondary N) is 1. The van der Waals surface area contributed by atoms with E-state index in [-0.39, 0.29) is 5.97 Å². The molecule has 3 nitrogen and oxygen atoms in total. The van der Waals surface area contributed by atoms with Crippen molar-refractivity contribution in [2.24, 2.45) is 0 Å². The molecular formula is C22H43NO2. The zero-order chi connectivity index (χ0) is 18.4. The van der Waals surface area contributed by atoms with E-state index in [9.17, 15) is 4.79 Å². The van der Waals surface area contributed by atoms with Crippen molar-refractivity contribution in [3.05, 3.63) is 12.2 Å². The smallest absolute Gasteiger partial charge is 0.319 e. The van der Waals surface area contributed by atoms with Gasteiger partial charge in [0.1, 0.15) is 0 Å². The summed E-state index contributed by atoms with van der Waals surface area (Å²) < 4.78 is 4.87. The van der Waals surface area contributed by atoms with Crippen molar-refractivity contribution in [2.75, 3.05) is 19.7 Å². The van der Waals surface area contributed by atoms with Crippen LogP contribution >= 0.6 is 0 Å². The summed E-state index contributed by atoms with van der Waals surface area (Å²) in [5.74, 6) is -0.146. The first-order valence-corrected chi connectivity index (χ1v) is 10.8. The number of allylic oxidation sites excluding steroid dienone is 2. The maximum absolute atomic E-state index is 11.1. The summed E-state index contributed by atoms with van der Waals surface area (Å²) >= 11 is 0. The highest BCUT2D eigenvalue weighted by molar-refractivity contribution is 5.71. The third-order valence-corrected chi connectivity index (χ3v) is 4.44. The summed E-state index contributed by atoms with van der Waals surface area (Å²) in [6, 6.07) is 0. The van der Waals surface area contributed by atoms with Crippen LogP contribution in [0.1, 0.15) is 104 Å². The largest absolute Gasteiger partial charge is 0.465 e. The van der Waals surface area contributed by atoms with Crippen LogP contribution in [0, 0.1) is 0 Å². The maximum atomic E-state index is 11.1. The first kappa shape index (κ1) is 24.2. The molecule has 0 unspecified atom stereocenters. The Hall–Kier alpha value is -0.830. The molecule has 0 bridgehead atoms. The predicted molar refractivity (Wildman–Crippen MR) is 109 cm³/mol. The molecule has 0 heterocycles. The second-order valence-corrected chi connectivity index (χ2v) is 6.92. The van der Waals surface area contributed by atoms with Crippen LogP contribution in [0.25, 0.3) is 0 Å². The Morgan fingerprint density at radius 3 is 1.84 bits per heavy atom. The fourth-order valence-corrected chi connectivity index (χ4v) is 2.90. The minimum absolute atomic E-state index is 0.146. The van der Waals surface area contributed by atoms with Crippen LogP contribution < -0.4 is 5.32 Å². The van der Waals surface area contributed by atoms with E-state index in [0.717, 1.165) is 13.0 Å². The van der Waals surface area contributed by atoms with Crippen molar-refractivity contribution in [1.82, 2.24) is 5.32 Å². The third kappa shape index (κ3) is 21.1. The molecule has 0 atom stereocenters. The Morgan fingerprint density at radius 1 is 0.760 bits per heavy atom. The lowest BCUT2D eigenvalue weighted by Gasteiger charge is -2.04. The van der Waals surface area contributed by atoms with Gasteiger partial charge in [-0.3, -0.25) is 4.79 Å². The second kappa shape index (κ2) is 21.2. The molecule has 25 heavy (non-hydrogen) atoms. The van der Waals surface area contributed by atoms with Crippen LogP contribution in [-0.4, -0.2) is 25.7 Å². The summed E-state index contributed by atoms with van der Waals surface area (Å²) in [5.41, 5.74) is 0. The molecular weight excluding hydrogens is 310 g/mol. The molecule has 0 aliphatic heterocycles. The molecule has 148 valence electrons. The van der Waals surface area contributed by atoms with Crippen LogP contribution in [0.15, 0.2) is 12.2 Å². The molecule has 0 saturated carbocycles. The quantitative estimate of drug-likeness (QED) is 0.171. The SMILES string of the molecule is CCCCCCCC/C=C\CCCCCCCCNCC(=O)OCC. The standard InChI is InChI=1S/C22H43NO2/c1-3-5-6-7-8-9-10-11-12-13-14-15-16-17-18-19-20-23-21-22(24)25-4-2/h11-12,23H,3-10,13-21H2,1-2H3/b12-11-. The van der Waals surface area contributed by atoms with Crippen LogP contribution in [0.4, 0.5) is 0 Å². The Balaban J connectivity index is 3.11. The van der Waals surface area contributed by atoms with Crippen molar-refractivity contribution >= 4 is 5.97 Å². The number of rotatable bonds is 19. The van der Waals surface area contributed by atoms with Gasteiger partial charge in [0.15, 0.2) is 0 Å². The Bertz CT molecular complexity index is 302. The number of hydrogen-bond acceptors (Lipinski definition) is 3. The molecule has 0 aromatic rings. The molecule has 0 aromatic carbocycles. The predicted octanol–water partition coefficient (Wildman–Crippen LogP) is 6.18. The van der Waals surface area contributed by atoms with Gasteiger partial charge in [0, 0.05) is 0 Å². The van der Waals surface area contributed by atoms with Crippen molar-refractivity contribution in [2.45, 2.75) is 104 Å². The number of ether oxygens (including phenoxy) is 1. The Kier molecular flexibility index (Phi) is 20.5. The van der Waals surface area contributed by atoms with Gasteiger partial charge in [-0.25, -0.2) is 0 Å². The van der Waals surface area contributed by atoms with E-state index in [4.69, 9.17) is 4.74 Å². The van der Waals surface area contributed by atoms with E-state index in [0.29, 0.717) is 13.2 Å². The first-order valence-electron chi connectivity index (χ1n) is 10.8. The van der Waals surface area contributed by atoms with Crippen molar-refractivity contribution in [3.63, 3.8) is 0 Å². The van der Waals surface area contributed by atoms with Gasteiger partial charge in [-0.1, -0.05) is 76.9 Å². The van der Waals surface area contributed by atoms with Crippen LogP contribution in [0.3, 0.4) is 0 Å². The van der Waals surface area contributed by atoms with Crippen molar-refractivity contribution in [3.8, 4) is 0 Å². The van der Waals surface area contributed by atoms with Crippen LogP contribution in [0.2, 0.25) is 0 Å². The fourth-order valence-electron chi connectivity index (χ4n) is 2.90. The van der Waals surface area contributed by atoms with Crippen LogP contribution in [-0.2, 0) is 9.53 Å². The molecule has 0 aromatic heterocycles. The second-order valence-electron chi connectivity index (χ2n) is 6.92. The van der Waals surface area contributed by atoms with E-state index in [1.807, 2.05) is 6.92 Å². The molecule has 3 heteroatoms. The average molecular weight is 354 g/mol. The van der Waals surface area contributed by atoms with Gasteiger partial charge in [0.2, 0.25) is 0 Å². The van der Waals surface area contributed by atoms with E-state index in [2.05, 4.69) is 24.4 Å². The Morgan fingerprint density at radius 2 is 1.28 bits per heavy atom. The summed E-state index contributed by atoms with van der Waals surface area (Å²) in [4.78, 5) is 11.1. The summed E-state index contributed by atoms with van der Waals surface area (Å²) in [7, 11) is 0. The summed E-state index contributed by atoms with van der Waals surface area (Å²) in [6.07, 6.45) is 23.3. The zero-order valence-corrected chi connectivity index (χ0v) is 17.0. The third-order valence-electron chi connectivity index (χ3n) is 4.44. The van der Waals surface area contributed by atoms with E-state index < -0.39 is 0 Å². The van der Waals surface area contributed by atoms with Gasteiger partial charge in [0.05, 0.1) is 13.2 Å². The van der Waals surface area contributed by atoms with Gasteiger partial charge in [-0.15, -0.1) is 0 Å². The minimum Gasteiger partial charge on any atom is -0.465 e. The van der Waals surface area contributed by atoms with Gasteiger partial charge in [-0.05, 0) is 45.6 Å². The minimum atomic E-state index is -0.146. The number of carbonyl (C=O) groups excluding carboxylic acids is 1. The molecule has 1 N–H and O–H groups in total. The van der Waals surface area contributed by atoms with Crippen molar-refractivity contribution in [1.29, 1.82) is 0 Å². The molecule has 0 rings (SSSR count). The summed E-state index contributed by atoms with van der Waals surface area (Å²) in [6.45, 7) is 5.84. The van der Waals surface area contributed by atoms with Crippen LogP contribution in [0.5, 0.6) is 0 Å². The fraction of sp³-hybridized carbons (Fsp3) is 0.864. The number of carbonyl (C=O) groups is 1. The molecule has 0 fully saturated rings. The van der Waals surface area contributed by atoms with E-state index in [1.54, 1.807) is 0 Å². The lowest BCUT2D eigenvalue weighted by Crippen LogP contribution is -2.25. The maximum Gasteiger partial charge on any atom is 0.319 e. The highest BCUT2D eigenvalue weighted by Gasteiger charge is 1.99. The normalized spacial score (nSPS) is 11.3. The molecule has 0 saturated heterocycles. The van der Waals surface area contributed by atoms with Crippen molar-refractivity contribution < 1.29 is 9.53 Å². The lowest BCUT2D eigenvalue weighted by molar-refractivity contribution is -0.141. The van der Waals surface area contributed by atoms with E-state index in [1.165, 1.54) is 83.5 Å². The van der Waals surface area contributed by atoms with Gasteiger partial charge in [-0.2, -0.15) is 0 Å². The molecule has 0 aliphatic rings. The average Bonchev–Trinajstić information content (AvgIpc) is 2.61. The molecule has 0 aliphatic carbocycles. The number of esters is 1. The summed E-state index contributed by atoms with van der Waals surface area (Å²) in [5, 5.41) is 3.14. The number of hydrogen-bond donors (Lipinski definition) is 1. The first-order chi connectivity index (χ1) is 12.3. The molecule has 0 radical (unpaired) electrons. The lowest BCUT2D eigenvalue weighted by atomic mass is 10.1. The monoisotopic (exact) mass is 353 g/mol. The molecule has 0 spiro atoms. The van der Waals surface area contributed by atoms with Gasteiger partial charge >= 0.3 is 5.97 Å².